The molecule has 0 heterocycles. The summed E-state index contributed by atoms with van der Waals surface area (Å²) < 4.78 is 0. The van der Waals surface area contributed by atoms with Crippen LogP contribution in [0.5, 0.6) is 0 Å². The molecule has 1 rings (SSSR count). The molecule has 0 N–H and O–H groups in total. The number of hydrogen-bond donors (Lipinski definition) is 0. The van der Waals surface area contributed by atoms with E-state index in [2.05, 4.69) is 31.2 Å². The summed E-state index contributed by atoms with van der Waals surface area (Å²) in [7, 11) is 0. The Labute approximate surface area is 76.4 Å². The van der Waals surface area contributed by atoms with Crippen LogP contribution in [0.15, 0.2) is 24.3 Å². The van der Waals surface area contributed by atoms with Crippen molar-refractivity contribution in [3.8, 4) is 0 Å². The molecule has 0 radical (unpaired) electrons. The number of unbranched alkanes of at least 4 members (excludes halogenated alkanes) is 2. The lowest BCUT2D eigenvalue weighted by Crippen LogP contribution is -1.97. The van der Waals surface area contributed by atoms with E-state index in [0.717, 1.165) is 5.92 Å². The van der Waals surface area contributed by atoms with Gasteiger partial charge in [0.2, 0.25) is 0 Å². The molecule has 12 heavy (non-hydrogen) atoms. The van der Waals surface area contributed by atoms with Gasteiger partial charge in [-0.3, -0.25) is 0 Å². The Hall–Kier alpha value is -0.520. The van der Waals surface area contributed by atoms with Gasteiger partial charge >= 0.3 is 0 Å². The summed E-state index contributed by atoms with van der Waals surface area (Å²) in [5, 5.41) is 0. The highest BCUT2D eigenvalue weighted by atomic mass is 14.1. The summed E-state index contributed by atoms with van der Waals surface area (Å²) >= 11 is 0. The average molecular weight is 164 g/mol. The van der Waals surface area contributed by atoms with E-state index < -0.39 is 0 Å². The van der Waals surface area contributed by atoms with Gasteiger partial charge in [-0.05, 0) is 31.6 Å². The predicted molar refractivity (Wildman–Crippen MR) is 55.1 cm³/mol. The van der Waals surface area contributed by atoms with Crippen LogP contribution in [0.4, 0.5) is 0 Å². The van der Waals surface area contributed by atoms with Crippen molar-refractivity contribution >= 4 is 0 Å². The van der Waals surface area contributed by atoms with E-state index in [-0.39, 0.29) is 0 Å². The van der Waals surface area contributed by atoms with E-state index in [1.807, 2.05) is 0 Å². The zero-order valence-electron chi connectivity index (χ0n) is 8.13. The average Bonchev–Trinajstić information content (AvgIpc) is 2.14. The molecular formula is C12H20. The maximum absolute atomic E-state index is 2.42. The predicted octanol–water partition coefficient (Wildman–Crippen LogP) is 4.09. The Morgan fingerprint density at radius 1 is 1.42 bits per heavy atom. The second-order valence-corrected chi connectivity index (χ2v) is 3.61. The molecule has 0 fully saturated rings. The van der Waals surface area contributed by atoms with Crippen molar-refractivity contribution in [2.45, 2.75) is 45.4 Å². The Morgan fingerprint density at radius 2 is 2.33 bits per heavy atom. The molecule has 1 atom stereocenters. The second kappa shape index (κ2) is 6.05. The maximum Gasteiger partial charge on any atom is -0.0196 e. The molecule has 0 amide bonds. The third kappa shape index (κ3) is 3.75. The van der Waals surface area contributed by atoms with Gasteiger partial charge in [0.15, 0.2) is 0 Å². The molecule has 0 nitrogen and oxygen atoms in total. The fourth-order valence-corrected chi connectivity index (χ4v) is 1.60. The lowest BCUT2D eigenvalue weighted by molar-refractivity contribution is 0.581. The molecule has 0 aromatic rings. The van der Waals surface area contributed by atoms with Crippen LogP contribution < -0.4 is 0 Å². The summed E-state index contributed by atoms with van der Waals surface area (Å²) in [5.74, 6) is 0.840. The van der Waals surface area contributed by atoms with Crippen LogP contribution >= 0.6 is 0 Å². The van der Waals surface area contributed by atoms with Gasteiger partial charge in [-0.1, -0.05) is 44.1 Å². The highest BCUT2D eigenvalue weighted by Gasteiger charge is 2.04. The summed E-state index contributed by atoms with van der Waals surface area (Å²) in [5.41, 5.74) is 0. The standard InChI is InChI=1S/C12H20/c1-2-3-4-6-9-12-10-7-5-8-11-12/h5-7,9,12H,2-4,8,10-11H2,1H3/b9-6+. The molecule has 68 valence electrons. The van der Waals surface area contributed by atoms with E-state index >= 15 is 0 Å². The summed E-state index contributed by atoms with van der Waals surface area (Å²) in [6, 6.07) is 0. The normalized spacial score (nSPS) is 23.6. The molecule has 0 saturated carbocycles. The summed E-state index contributed by atoms with van der Waals surface area (Å²) in [6.45, 7) is 2.25. The quantitative estimate of drug-likeness (QED) is 0.433. The van der Waals surface area contributed by atoms with Crippen molar-refractivity contribution in [2.24, 2.45) is 5.92 Å². The fraction of sp³-hybridized carbons (Fsp3) is 0.667. The van der Waals surface area contributed by atoms with Crippen molar-refractivity contribution in [2.75, 3.05) is 0 Å². The highest BCUT2D eigenvalue weighted by Crippen LogP contribution is 2.19. The van der Waals surface area contributed by atoms with Crippen LogP contribution in [-0.4, -0.2) is 0 Å². The monoisotopic (exact) mass is 164 g/mol. The minimum absolute atomic E-state index is 0.840. The Morgan fingerprint density at radius 3 is 3.00 bits per heavy atom. The van der Waals surface area contributed by atoms with Gasteiger partial charge in [0, 0.05) is 0 Å². The zero-order valence-corrected chi connectivity index (χ0v) is 8.13. The SMILES string of the molecule is CCCC/C=C/C1CC=CCC1. The van der Waals surface area contributed by atoms with Gasteiger partial charge in [0.25, 0.3) is 0 Å². The minimum Gasteiger partial charge on any atom is -0.0885 e. The summed E-state index contributed by atoms with van der Waals surface area (Å²) in [6.07, 6.45) is 17.2. The molecule has 1 aliphatic carbocycles. The molecule has 0 spiro atoms. The van der Waals surface area contributed by atoms with Crippen molar-refractivity contribution < 1.29 is 0 Å². The summed E-state index contributed by atoms with van der Waals surface area (Å²) in [4.78, 5) is 0. The van der Waals surface area contributed by atoms with Crippen molar-refractivity contribution in [1.82, 2.24) is 0 Å². The van der Waals surface area contributed by atoms with E-state index in [1.54, 1.807) is 0 Å². The van der Waals surface area contributed by atoms with Gasteiger partial charge in [0.05, 0.1) is 0 Å². The largest absolute Gasteiger partial charge is 0.0885 e. The zero-order chi connectivity index (χ0) is 8.65. The number of hydrogen-bond acceptors (Lipinski definition) is 0. The lowest BCUT2D eigenvalue weighted by Gasteiger charge is -2.12. The first kappa shape index (κ1) is 9.57. The number of rotatable bonds is 4. The van der Waals surface area contributed by atoms with Crippen LogP contribution in [0.2, 0.25) is 0 Å². The van der Waals surface area contributed by atoms with Crippen LogP contribution in [0, 0.1) is 5.92 Å². The van der Waals surface area contributed by atoms with Crippen molar-refractivity contribution in [1.29, 1.82) is 0 Å². The highest BCUT2D eigenvalue weighted by molar-refractivity contribution is 4.98. The topological polar surface area (TPSA) is 0 Å². The first-order valence-corrected chi connectivity index (χ1v) is 5.25. The fourth-order valence-electron chi connectivity index (χ4n) is 1.60. The van der Waals surface area contributed by atoms with Crippen molar-refractivity contribution in [3.05, 3.63) is 24.3 Å². The van der Waals surface area contributed by atoms with E-state index in [4.69, 9.17) is 0 Å². The second-order valence-electron chi connectivity index (χ2n) is 3.61. The van der Waals surface area contributed by atoms with Crippen LogP contribution in [0.25, 0.3) is 0 Å². The molecule has 1 aliphatic rings. The van der Waals surface area contributed by atoms with Crippen LogP contribution in [0.1, 0.15) is 45.4 Å². The van der Waals surface area contributed by atoms with E-state index in [0.29, 0.717) is 0 Å². The first-order valence-electron chi connectivity index (χ1n) is 5.25. The third-order valence-electron chi connectivity index (χ3n) is 2.44. The smallest absolute Gasteiger partial charge is 0.0196 e. The molecule has 0 aromatic carbocycles. The van der Waals surface area contributed by atoms with E-state index in [9.17, 15) is 0 Å². The van der Waals surface area contributed by atoms with Gasteiger partial charge in [-0.15, -0.1) is 0 Å². The van der Waals surface area contributed by atoms with Gasteiger partial charge in [-0.2, -0.15) is 0 Å². The van der Waals surface area contributed by atoms with Gasteiger partial charge in [0.1, 0.15) is 0 Å². The third-order valence-corrected chi connectivity index (χ3v) is 2.44. The molecule has 0 aromatic heterocycles. The molecule has 0 aliphatic heterocycles. The first-order chi connectivity index (χ1) is 5.93. The van der Waals surface area contributed by atoms with Crippen LogP contribution in [0.3, 0.4) is 0 Å². The Balaban J connectivity index is 2.12. The van der Waals surface area contributed by atoms with E-state index in [1.165, 1.54) is 38.5 Å². The molecule has 0 heteroatoms. The lowest BCUT2D eigenvalue weighted by atomic mass is 9.94. The van der Waals surface area contributed by atoms with Crippen molar-refractivity contribution in [3.63, 3.8) is 0 Å². The maximum atomic E-state index is 2.42. The Kier molecular flexibility index (Phi) is 4.82. The molecule has 1 unspecified atom stereocenters. The number of allylic oxidation sites excluding steroid dienone is 4. The Bertz CT molecular complexity index is 153. The van der Waals surface area contributed by atoms with Gasteiger partial charge in [-0.25, -0.2) is 0 Å². The molecule has 0 saturated heterocycles. The van der Waals surface area contributed by atoms with Gasteiger partial charge < -0.3 is 0 Å². The molecular weight excluding hydrogens is 144 g/mol. The van der Waals surface area contributed by atoms with Crippen LogP contribution in [-0.2, 0) is 0 Å². The minimum atomic E-state index is 0.840. The molecule has 0 bridgehead atoms.